The molecule has 36 heavy (non-hydrogen) atoms. The van der Waals surface area contributed by atoms with Crippen molar-refractivity contribution >= 4 is 17.9 Å². The molecule has 0 atom stereocenters. The van der Waals surface area contributed by atoms with Gasteiger partial charge in [0, 0.05) is 18.2 Å². The van der Waals surface area contributed by atoms with Crippen LogP contribution in [0.4, 0.5) is 4.39 Å². The quantitative estimate of drug-likeness (QED) is 0.312. The van der Waals surface area contributed by atoms with Crippen molar-refractivity contribution in [2.45, 2.75) is 20.1 Å². The zero-order valence-corrected chi connectivity index (χ0v) is 19.7. The Morgan fingerprint density at radius 3 is 2.39 bits per heavy atom. The van der Waals surface area contributed by atoms with E-state index in [0.717, 1.165) is 16.7 Å². The lowest BCUT2D eigenvalue weighted by atomic mass is 10.1. The molecule has 6 nitrogen and oxygen atoms in total. The van der Waals surface area contributed by atoms with Crippen molar-refractivity contribution < 1.29 is 23.1 Å². The average Bonchev–Trinajstić information content (AvgIpc) is 3.40. The molecule has 1 heterocycles. The van der Waals surface area contributed by atoms with E-state index in [-0.39, 0.29) is 18.1 Å². The molecule has 0 bridgehead atoms. The number of furan rings is 1. The normalized spacial score (nSPS) is 11.1. The number of aryl methyl sites for hydroxylation is 1. The lowest BCUT2D eigenvalue weighted by Gasteiger charge is -2.12. The van der Waals surface area contributed by atoms with E-state index in [9.17, 15) is 14.0 Å². The van der Waals surface area contributed by atoms with E-state index >= 15 is 0 Å². The Balaban J connectivity index is 1.37. The van der Waals surface area contributed by atoms with E-state index in [2.05, 4.69) is 10.6 Å². The summed E-state index contributed by atoms with van der Waals surface area (Å²) in [5, 5.41) is 5.51. The van der Waals surface area contributed by atoms with Crippen LogP contribution in [0.15, 0.2) is 101 Å². The summed E-state index contributed by atoms with van der Waals surface area (Å²) in [6.07, 6.45) is 2.97. The number of benzene rings is 3. The maximum absolute atomic E-state index is 13.0. The van der Waals surface area contributed by atoms with Gasteiger partial charge in [0.1, 0.15) is 29.6 Å². The number of hydrogen-bond donors (Lipinski definition) is 2. The Morgan fingerprint density at radius 1 is 0.944 bits per heavy atom. The van der Waals surface area contributed by atoms with E-state index in [0.29, 0.717) is 23.7 Å². The fourth-order valence-corrected chi connectivity index (χ4v) is 3.38. The summed E-state index contributed by atoms with van der Waals surface area (Å²) in [6.45, 7) is 2.45. The standard InChI is InChI=1S/C29H25FN2O4/c1-20-4-2-5-23(16-20)28(33)32-27(17-26-6-3-15-35-26)29(34)31-18-21-9-13-25(14-10-21)36-19-22-7-11-24(30)12-8-22/h2-17H,18-19H2,1H3,(H,31,34)(H,32,33)/b27-17-. The van der Waals surface area contributed by atoms with Gasteiger partial charge >= 0.3 is 0 Å². The zero-order chi connectivity index (χ0) is 25.3. The second kappa shape index (κ2) is 11.7. The van der Waals surface area contributed by atoms with Gasteiger partial charge in [-0.25, -0.2) is 4.39 Å². The van der Waals surface area contributed by atoms with Crippen LogP contribution in [-0.2, 0) is 17.9 Å². The first-order valence-electron chi connectivity index (χ1n) is 11.3. The minimum absolute atomic E-state index is 0.0655. The summed E-state index contributed by atoms with van der Waals surface area (Å²) >= 11 is 0. The monoisotopic (exact) mass is 484 g/mol. The predicted molar refractivity (Wildman–Crippen MR) is 134 cm³/mol. The highest BCUT2D eigenvalue weighted by molar-refractivity contribution is 6.05. The van der Waals surface area contributed by atoms with Crippen LogP contribution in [0, 0.1) is 12.7 Å². The molecule has 1 aromatic heterocycles. The number of carbonyl (C=O) groups excluding carboxylic acids is 2. The third kappa shape index (κ3) is 6.93. The van der Waals surface area contributed by atoms with E-state index in [4.69, 9.17) is 9.15 Å². The number of amides is 2. The SMILES string of the molecule is Cc1cccc(C(=O)N/C(=C\c2ccco2)C(=O)NCc2ccc(OCc3ccc(F)cc3)cc2)c1. The van der Waals surface area contributed by atoms with Crippen LogP contribution in [0.1, 0.15) is 32.8 Å². The number of rotatable bonds is 9. The smallest absolute Gasteiger partial charge is 0.268 e. The van der Waals surface area contributed by atoms with Crippen LogP contribution < -0.4 is 15.4 Å². The topological polar surface area (TPSA) is 80.6 Å². The highest BCUT2D eigenvalue weighted by Gasteiger charge is 2.15. The lowest BCUT2D eigenvalue weighted by Crippen LogP contribution is -2.34. The van der Waals surface area contributed by atoms with Crippen LogP contribution in [-0.4, -0.2) is 11.8 Å². The van der Waals surface area contributed by atoms with Gasteiger partial charge < -0.3 is 19.8 Å². The van der Waals surface area contributed by atoms with Gasteiger partial charge in [-0.2, -0.15) is 0 Å². The lowest BCUT2D eigenvalue weighted by molar-refractivity contribution is -0.117. The molecule has 0 unspecified atom stereocenters. The predicted octanol–water partition coefficient (Wildman–Crippen LogP) is 5.39. The third-order valence-electron chi connectivity index (χ3n) is 5.30. The number of carbonyl (C=O) groups is 2. The summed E-state index contributed by atoms with van der Waals surface area (Å²) in [6, 6.07) is 23.9. The second-order valence-electron chi connectivity index (χ2n) is 8.14. The van der Waals surface area contributed by atoms with Gasteiger partial charge in [0.25, 0.3) is 11.8 Å². The molecular weight excluding hydrogens is 459 g/mol. The molecule has 4 aromatic rings. The summed E-state index contributed by atoms with van der Waals surface area (Å²) in [5.74, 6) is -0.0500. The van der Waals surface area contributed by atoms with Crippen LogP contribution >= 0.6 is 0 Å². The van der Waals surface area contributed by atoms with Crippen molar-refractivity contribution in [3.63, 3.8) is 0 Å². The van der Waals surface area contributed by atoms with Crippen LogP contribution in [0.25, 0.3) is 6.08 Å². The molecule has 182 valence electrons. The molecule has 0 aliphatic heterocycles. The van der Waals surface area contributed by atoms with Gasteiger partial charge in [-0.3, -0.25) is 9.59 Å². The number of ether oxygens (including phenoxy) is 1. The second-order valence-corrected chi connectivity index (χ2v) is 8.14. The largest absolute Gasteiger partial charge is 0.489 e. The van der Waals surface area contributed by atoms with Crippen molar-refractivity contribution in [1.82, 2.24) is 10.6 Å². The van der Waals surface area contributed by atoms with Gasteiger partial charge in [0.2, 0.25) is 0 Å². The maximum Gasteiger partial charge on any atom is 0.268 e. The Hall–Kier alpha value is -4.65. The van der Waals surface area contributed by atoms with Gasteiger partial charge in [-0.1, -0.05) is 42.0 Å². The fourth-order valence-electron chi connectivity index (χ4n) is 3.38. The van der Waals surface area contributed by atoms with Gasteiger partial charge in [0.15, 0.2) is 0 Å². The highest BCUT2D eigenvalue weighted by atomic mass is 19.1. The molecule has 0 aliphatic rings. The van der Waals surface area contributed by atoms with Crippen molar-refractivity contribution in [3.05, 3.63) is 131 Å². The van der Waals surface area contributed by atoms with Gasteiger partial charge in [-0.15, -0.1) is 0 Å². The fraction of sp³-hybridized carbons (Fsp3) is 0.103. The molecule has 0 radical (unpaired) electrons. The molecule has 0 saturated carbocycles. The molecule has 0 aliphatic carbocycles. The van der Waals surface area contributed by atoms with Gasteiger partial charge in [0.05, 0.1) is 6.26 Å². The Bertz CT molecular complexity index is 1350. The first kappa shape index (κ1) is 24.5. The molecule has 2 N–H and O–H groups in total. The Kier molecular flexibility index (Phi) is 7.93. The van der Waals surface area contributed by atoms with Crippen LogP contribution in [0.2, 0.25) is 0 Å². The maximum atomic E-state index is 13.0. The van der Waals surface area contributed by atoms with Gasteiger partial charge in [-0.05, 0) is 66.6 Å². The zero-order valence-electron chi connectivity index (χ0n) is 19.7. The summed E-state index contributed by atoms with van der Waals surface area (Å²) in [7, 11) is 0. The Morgan fingerprint density at radius 2 is 1.69 bits per heavy atom. The highest BCUT2D eigenvalue weighted by Crippen LogP contribution is 2.15. The summed E-state index contributed by atoms with van der Waals surface area (Å²) in [4.78, 5) is 25.7. The van der Waals surface area contributed by atoms with E-state index in [1.807, 2.05) is 25.1 Å². The minimum Gasteiger partial charge on any atom is -0.489 e. The van der Waals surface area contributed by atoms with Crippen LogP contribution in [0.3, 0.4) is 0 Å². The van der Waals surface area contributed by atoms with Crippen molar-refractivity contribution in [2.75, 3.05) is 0 Å². The first-order chi connectivity index (χ1) is 17.5. The molecule has 4 rings (SSSR count). The average molecular weight is 485 g/mol. The number of halogens is 1. The van der Waals surface area contributed by atoms with Crippen LogP contribution in [0.5, 0.6) is 5.75 Å². The first-order valence-corrected chi connectivity index (χ1v) is 11.3. The summed E-state index contributed by atoms with van der Waals surface area (Å²) in [5.41, 5.74) is 3.16. The van der Waals surface area contributed by atoms with Crippen molar-refractivity contribution in [1.29, 1.82) is 0 Å². The number of hydrogen-bond acceptors (Lipinski definition) is 4. The third-order valence-corrected chi connectivity index (χ3v) is 5.30. The minimum atomic E-state index is -0.455. The molecule has 0 saturated heterocycles. The van der Waals surface area contributed by atoms with E-state index in [1.165, 1.54) is 24.5 Å². The van der Waals surface area contributed by atoms with E-state index < -0.39 is 11.8 Å². The molecule has 7 heteroatoms. The summed E-state index contributed by atoms with van der Waals surface area (Å²) < 4.78 is 24.1. The number of nitrogens with one attached hydrogen (secondary N) is 2. The molecule has 3 aromatic carbocycles. The molecular formula is C29H25FN2O4. The Labute approximate surface area is 208 Å². The van der Waals surface area contributed by atoms with Crippen molar-refractivity contribution in [3.8, 4) is 5.75 Å². The van der Waals surface area contributed by atoms with Crippen molar-refractivity contribution in [2.24, 2.45) is 0 Å². The molecule has 0 spiro atoms. The molecule has 0 fully saturated rings. The molecule has 2 amide bonds. The van der Waals surface area contributed by atoms with E-state index in [1.54, 1.807) is 54.6 Å².